The van der Waals surface area contributed by atoms with Crippen LogP contribution in [0.15, 0.2) is 48.8 Å². The van der Waals surface area contributed by atoms with Crippen molar-refractivity contribution in [1.82, 2.24) is 9.55 Å². The minimum atomic E-state index is 0. The number of nitrogen functional groups attached to an aromatic ring is 1. The summed E-state index contributed by atoms with van der Waals surface area (Å²) < 4.78 is 4.09. The molecule has 0 aliphatic heterocycles. The minimum absolute atomic E-state index is 0. The number of anilines is 1. The Labute approximate surface area is 148 Å². The predicted octanol–water partition coefficient (Wildman–Crippen LogP) is 0.0894. The smallest absolute Gasteiger partial charge is 0.391 e. The first kappa shape index (κ1) is 16.7. The SMILES string of the molecule is CCCCC[n+]1ccc(-n2ccc3ccccc32)nc1N.[I-]. The van der Waals surface area contributed by atoms with Crippen LogP contribution in [0.3, 0.4) is 0 Å². The lowest BCUT2D eigenvalue weighted by Crippen LogP contribution is -3.00. The fourth-order valence-corrected chi connectivity index (χ4v) is 2.59. The van der Waals surface area contributed by atoms with E-state index < -0.39 is 0 Å². The second-order valence-electron chi connectivity index (χ2n) is 5.29. The molecule has 3 rings (SSSR count). The topological polar surface area (TPSA) is 47.7 Å². The summed E-state index contributed by atoms with van der Waals surface area (Å²) >= 11 is 0. The van der Waals surface area contributed by atoms with Gasteiger partial charge in [0.1, 0.15) is 0 Å². The molecule has 0 fully saturated rings. The van der Waals surface area contributed by atoms with Gasteiger partial charge in [0.15, 0.2) is 0 Å². The van der Waals surface area contributed by atoms with Gasteiger partial charge >= 0.3 is 5.95 Å². The Bertz CT molecular complexity index is 751. The van der Waals surface area contributed by atoms with Crippen LogP contribution >= 0.6 is 0 Å². The van der Waals surface area contributed by atoms with Gasteiger partial charge in [-0.3, -0.25) is 10.3 Å². The molecule has 0 saturated carbocycles. The molecule has 0 atom stereocenters. The van der Waals surface area contributed by atoms with Gasteiger partial charge in [-0.15, -0.1) is 0 Å². The van der Waals surface area contributed by atoms with Crippen LogP contribution in [0.25, 0.3) is 16.7 Å². The van der Waals surface area contributed by atoms with Crippen molar-refractivity contribution < 1.29 is 28.5 Å². The largest absolute Gasteiger partial charge is 1.00 e. The van der Waals surface area contributed by atoms with Gasteiger partial charge in [0.25, 0.3) is 0 Å². The predicted molar refractivity (Wildman–Crippen MR) is 85.2 cm³/mol. The van der Waals surface area contributed by atoms with Crippen LogP contribution in [0.5, 0.6) is 0 Å². The summed E-state index contributed by atoms with van der Waals surface area (Å²) in [6, 6.07) is 12.4. The molecule has 0 saturated heterocycles. The zero-order valence-corrected chi connectivity index (χ0v) is 14.9. The normalized spacial score (nSPS) is 10.6. The molecule has 0 aliphatic carbocycles. The molecule has 22 heavy (non-hydrogen) atoms. The highest BCUT2D eigenvalue weighted by Gasteiger charge is 2.12. The number of nitrogens with zero attached hydrogens (tertiary/aromatic N) is 3. The van der Waals surface area contributed by atoms with Crippen molar-refractivity contribution in [3.05, 3.63) is 48.8 Å². The van der Waals surface area contributed by atoms with Gasteiger partial charge < -0.3 is 24.0 Å². The maximum atomic E-state index is 6.09. The number of benzene rings is 1. The Morgan fingerprint density at radius 2 is 1.95 bits per heavy atom. The zero-order valence-electron chi connectivity index (χ0n) is 12.7. The molecule has 0 amide bonds. The van der Waals surface area contributed by atoms with E-state index in [0.29, 0.717) is 5.95 Å². The quantitative estimate of drug-likeness (QED) is 0.370. The average Bonchev–Trinajstić information content (AvgIpc) is 2.93. The Balaban J connectivity index is 0.00000176. The van der Waals surface area contributed by atoms with Crippen LogP contribution in [0, 0.1) is 0 Å². The summed E-state index contributed by atoms with van der Waals surface area (Å²) in [6.45, 7) is 3.13. The van der Waals surface area contributed by atoms with Gasteiger partial charge in [-0.2, -0.15) is 0 Å². The van der Waals surface area contributed by atoms with Crippen LogP contribution < -0.4 is 34.3 Å². The number of rotatable bonds is 5. The molecule has 2 N–H and O–H groups in total. The number of halogens is 1. The third-order valence-electron chi connectivity index (χ3n) is 3.78. The van der Waals surface area contributed by atoms with Crippen LogP contribution in [-0.2, 0) is 6.54 Å². The first-order chi connectivity index (χ1) is 10.3. The molecule has 2 aromatic heterocycles. The zero-order chi connectivity index (χ0) is 14.7. The van der Waals surface area contributed by atoms with E-state index in [2.05, 4.69) is 34.7 Å². The molecule has 0 unspecified atom stereocenters. The fourth-order valence-electron chi connectivity index (χ4n) is 2.59. The summed E-state index contributed by atoms with van der Waals surface area (Å²) in [5, 5.41) is 1.21. The molecule has 1 aromatic carbocycles. The summed E-state index contributed by atoms with van der Waals surface area (Å²) in [4.78, 5) is 4.55. The van der Waals surface area contributed by atoms with E-state index in [-0.39, 0.29) is 24.0 Å². The van der Waals surface area contributed by atoms with Gasteiger partial charge in [-0.05, 0) is 18.6 Å². The first-order valence-corrected chi connectivity index (χ1v) is 7.52. The summed E-state index contributed by atoms with van der Waals surface area (Å²) in [5.41, 5.74) is 7.24. The summed E-state index contributed by atoms with van der Waals surface area (Å²) in [5.74, 6) is 1.43. The van der Waals surface area contributed by atoms with Crippen LogP contribution in [0.4, 0.5) is 5.95 Å². The third-order valence-corrected chi connectivity index (χ3v) is 3.78. The highest BCUT2D eigenvalue weighted by atomic mass is 127. The Hall–Kier alpha value is -1.63. The molecule has 0 radical (unpaired) electrons. The van der Waals surface area contributed by atoms with E-state index in [1.54, 1.807) is 0 Å². The number of para-hydroxylation sites is 1. The second kappa shape index (κ2) is 7.58. The lowest BCUT2D eigenvalue weighted by Gasteiger charge is -2.05. The monoisotopic (exact) mass is 408 g/mol. The third kappa shape index (κ3) is 3.40. The Kier molecular flexibility index (Phi) is 5.76. The van der Waals surface area contributed by atoms with Gasteiger partial charge in [0, 0.05) is 17.6 Å². The molecule has 0 aliphatic rings. The molecular formula is C17H21IN4. The molecular weight excluding hydrogens is 387 g/mol. The summed E-state index contributed by atoms with van der Waals surface area (Å²) in [6.07, 6.45) is 7.63. The number of hydrogen-bond acceptors (Lipinski definition) is 2. The van der Waals surface area contributed by atoms with Crippen molar-refractivity contribution in [3.63, 3.8) is 0 Å². The van der Waals surface area contributed by atoms with Gasteiger partial charge in [-0.25, -0.2) is 4.57 Å². The van der Waals surface area contributed by atoms with Gasteiger partial charge in [-0.1, -0.05) is 42.9 Å². The maximum Gasteiger partial charge on any atom is 0.391 e. The van der Waals surface area contributed by atoms with Crippen LogP contribution in [-0.4, -0.2) is 9.55 Å². The molecule has 2 heterocycles. The Morgan fingerprint density at radius 1 is 1.14 bits per heavy atom. The second-order valence-corrected chi connectivity index (χ2v) is 5.29. The maximum absolute atomic E-state index is 6.09. The Morgan fingerprint density at radius 3 is 2.73 bits per heavy atom. The number of aryl methyl sites for hydroxylation is 1. The van der Waals surface area contributed by atoms with E-state index in [0.717, 1.165) is 24.3 Å². The molecule has 3 aromatic rings. The molecule has 116 valence electrons. The highest BCUT2D eigenvalue weighted by Crippen LogP contribution is 2.18. The van der Waals surface area contributed by atoms with Crippen molar-refractivity contribution in [1.29, 1.82) is 0 Å². The standard InChI is InChI=1S/C17H20N4.HI/c1-2-3-6-11-20-12-10-16(19-17(20)18)21-13-9-14-7-4-5-8-15(14)21;/h4-5,7-10,12-13,18H,2-3,6,11H2,1H3;1H. The number of fused-ring (bicyclic) bond motifs is 1. The summed E-state index contributed by atoms with van der Waals surface area (Å²) in [7, 11) is 0. The van der Waals surface area contributed by atoms with Crippen molar-refractivity contribution in [2.75, 3.05) is 5.73 Å². The van der Waals surface area contributed by atoms with Crippen LogP contribution in [0.2, 0.25) is 0 Å². The van der Waals surface area contributed by atoms with Gasteiger partial charge in [0.2, 0.25) is 5.82 Å². The van der Waals surface area contributed by atoms with Crippen molar-refractivity contribution >= 4 is 16.9 Å². The van der Waals surface area contributed by atoms with E-state index in [1.165, 1.54) is 18.2 Å². The van der Waals surface area contributed by atoms with E-state index in [4.69, 9.17) is 5.73 Å². The molecule has 0 bridgehead atoms. The van der Waals surface area contributed by atoms with E-state index >= 15 is 0 Å². The highest BCUT2D eigenvalue weighted by molar-refractivity contribution is 5.81. The molecule has 0 spiro atoms. The van der Waals surface area contributed by atoms with E-state index in [9.17, 15) is 0 Å². The lowest BCUT2D eigenvalue weighted by atomic mass is 10.2. The lowest BCUT2D eigenvalue weighted by molar-refractivity contribution is -0.685. The van der Waals surface area contributed by atoms with Crippen molar-refractivity contribution in [2.24, 2.45) is 0 Å². The van der Waals surface area contributed by atoms with Crippen molar-refractivity contribution in [2.45, 2.75) is 32.7 Å². The number of nitrogens with two attached hydrogens (primary N) is 1. The molecule has 4 nitrogen and oxygen atoms in total. The number of unbranched alkanes of at least 4 members (excludes halogenated alkanes) is 2. The van der Waals surface area contributed by atoms with Gasteiger partial charge in [0.05, 0.1) is 18.3 Å². The number of hydrogen-bond donors (Lipinski definition) is 1. The number of aromatic nitrogens is 3. The fraction of sp³-hybridized carbons (Fsp3) is 0.294. The first-order valence-electron chi connectivity index (χ1n) is 7.52. The minimum Gasteiger partial charge on any atom is -1.00 e. The van der Waals surface area contributed by atoms with Crippen molar-refractivity contribution in [3.8, 4) is 5.82 Å². The van der Waals surface area contributed by atoms with E-state index in [1.807, 2.05) is 35.2 Å². The van der Waals surface area contributed by atoms with Crippen LogP contribution in [0.1, 0.15) is 26.2 Å². The average molecular weight is 408 g/mol. The molecule has 5 heteroatoms.